The summed E-state index contributed by atoms with van der Waals surface area (Å²) in [6, 6.07) is 0. The van der Waals surface area contributed by atoms with Crippen LogP contribution < -0.4 is 11.1 Å². The molecular weight excluding hydrogens is 262 g/mol. The van der Waals surface area contributed by atoms with Crippen LogP contribution in [-0.4, -0.2) is 36.8 Å². The fourth-order valence-corrected chi connectivity index (χ4v) is 3.48. The Labute approximate surface area is 105 Å². The summed E-state index contributed by atoms with van der Waals surface area (Å²) in [6.07, 6.45) is 1.44. The molecule has 0 spiro atoms. The van der Waals surface area contributed by atoms with Crippen molar-refractivity contribution in [3.05, 3.63) is 0 Å². The maximum absolute atomic E-state index is 11.8. The van der Waals surface area contributed by atoms with Gasteiger partial charge in [-0.3, -0.25) is 0 Å². The van der Waals surface area contributed by atoms with E-state index < -0.39 is 9.84 Å². The number of aromatic nitrogens is 1. The topological polar surface area (TPSA) is 105 Å². The Bertz CT molecular complexity index is 456. The van der Waals surface area contributed by atoms with Gasteiger partial charge >= 0.3 is 0 Å². The zero-order valence-corrected chi connectivity index (χ0v) is 11.3. The van der Waals surface area contributed by atoms with Crippen LogP contribution >= 0.6 is 11.5 Å². The molecule has 0 amide bonds. The fourth-order valence-electron chi connectivity index (χ4n) is 1.29. The summed E-state index contributed by atoms with van der Waals surface area (Å²) in [7, 11) is -3.35. The van der Waals surface area contributed by atoms with Gasteiger partial charge in [-0.25, -0.2) is 8.42 Å². The van der Waals surface area contributed by atoms with Crippen molar-refractivity contribution in [3.8, 4) is 0 Å². The minimum atomic E-state index is -3.35. The summed E-state index contributed by atoms with van der Waals surface area (Å²) in [5.41, 5.74) is 5.57. The number of unbranched alkanes of at least 4 members (excludes halogenated alkanes) is 1. The molecule has 6 nitrogen and oxygen atoms in total. The first-order valence-electron chi connectivity index (χ1n) is 5.35. The molecule has 0 atom stereocenters. The number of nitrogens with two attached hydrogens (primary N) is 1. The van der Waals surface area contributed by atoms with Crippen molar-refractivity contribution in [1.82, 2.24) is 4.37 Å². The molecule has 98 valence electrons. The zero-order valence-electron chi connectivity index (χ0n) is 9.64. The Morgan fingerprint density at radius 2 is 2.18 bits per heavy atom. The van der Waals surface area contributed by atoms with E-state index in [9.17, 15) is 8.42 Å². The average molecular weight is 279 g/mol. The zero-order chi connectivity index (χ0) is 12.9. The molecule has 0 saturated carbocycles. The third-order valence-corrected chi connectivity index (χ3v) is 4.98. The Balaban J connectivity index is 2.81. The van der Waals surface area contributed by atoms with Gasteiger partial charge in [0.1, 0.15) is 9.90 Å². The van der Waals surface area contributed by atoms with E-state index in [4.69, 9.17) is 10.8 Å². The lowest BCUT2D eigenvalue weighted by Gasteiger charge is -2.06. The maximum atomic E-state index is 11.8. The average Bonchev–Trinajstić information content (AvgIpc) is 2.67. The number of hydrogen-bond acceptors (Lipinski definition) is 7. The van der Waals surface area contributed by atoms with E-state index in [0.29, 0.717) is 18.0 Å². The predicted molar refractivity (Wildman–Crippen MR) is 69.1 cm³/mol. The highest BCUT2D eigenvalue weighted by atomic mass is 32.2. The maximum Gasteiger partial charge on any atom is 0.184 e. The van der Waals surface area contributed by atoms with Crippen LogP contribution in [0, 0.1) is 0 Å². The van der Waals surface area contributed by atoms with E-state index in [1.165, 1.54) is 0 Å². The van der Waals surface area contributed by atoms with Crippen LogP contribution in [0.5, 0.6) is 0 Å². The van der Waals surface area contributed by atoms with E-state index in [1.54, 1.807) is 6.92 Å². The number of sulfone groups is 1. The molecule has 17 heavy (non-hydrogen) atoms. The Kier molecular flexibility index (Phi) is 5.16. The number of rotatable bonds is 7. The molecule has 1 rings (SSSR count). The van der Waals surface area contributed by atoms with Crippen LogP contribution in [0.1, 0.15) is 19.8 Å². The van der Waals surface area contributed by atoms with Crippen LogP contribution in [0.3, 0.4) is 0 Å². The quantitative estimate of drug-likeness (QED) is 0.635. The third-order valence-electron chi connectivity index (χ3n) is 2.24. The Morgan fingerprint density at radius 1 is 1.47 bits per heavy atom. The van der Waals surface area contributed by atoms with Crippen LogP contribution in [-0.2, 0) is 9.84 Å². The van der Waals surface area contributed by atoms with Crippen LogP contribution in [0.15, 0.2) is 4.90 Å². The van der Waals surface area contributed by atoms with Crippen molar-refractivity contribution in [2.75, 3.05) is 30.0 Å². The summed E-state index contributed by atoms with van der Waals surface area (Å²) in [4.78, 5) is 0.106. The van der Waals surface area contributed by atoms with Gasteiger partial charge in [0, 0.05) is 13.2 Å². The number of anilines is 2. The highest BCUT2D eigenvalue weighted by Crippen LogP contribution is 2.32. The van der Waals surface area contributed by atoms with Gasteiger partial charge in [-0.2, -0.15) is 4.37 Å². The van der Waals surface area contributed by atoms with Gasteiger partial charge < -0.3 is 16.2 Å². The summed E-state index contributed by atoms with van der Waals surface area (Å²) < 4.78 is 27.5. The Hall–Kier alpha value is -0.860. The first-order valence-corrected chi connectivity index (χ1v) is 7.78. The molecule has 0 bridgehead atoms. The molecule has 1 heterocycles. The van der Waals surface area contributed by atoms with Gasteiger partial charge in [-0.15, -0.1) is 0 Å². The van der Waals surface area contributed by atoms with E-state index in [0.717, 1.165) is 18.0 Å². The first-order chi connectivity index (χ1) is 8.03. The number of nitrogens with one attached hydrogen (secondary N) is 1. The second-order valence-electron chi connectivity index (χ2n) is 3.49. The van der Waals surface area contributed by atoms with Gasteiger partial charge in [0.05, 0.1) is 5.75 Å². The van der Waals surface area contributed by atoms with E-state index in [1.807, 2.05) is 0 Å². The SMILES string of the molecule is CCS(=O)(=O)c1c(N)nsc1NCCCCO. The van der Waals surface area contributed by atoms with Gasteiger partial charge in [-0.1, -0.05) is 6.92 Å². The molecule has 0 aliphatic heterocycles. The van der Waals surface area contributed by atoms with Crippen molar-refractivity contribution in [2.45, 2.75) is 24.7 Å². The lowest BCUT2D eigenvalue weighted by molar-refractivity contribution is 0.286. The molecule has 0 aliphatic carbocycles. The minimum Gasteiger partial charge on any atom is -0.396 e. The number of nitrogen functional groups attached to an aromatic ring is 1. The molecular formula is C9H17N3O3S2. The number of nitrogens with zero attached hydrogens (tertiary/aromatic N) is 1. The van der Waals surface area contributed by atoms with Gasteiger partial charge in [0.25, 0.3) is 0 Å². The fraction of sp³-hybridized carbons (Fsp3) is 0.667. The lowest BCUT2D eigenvalue weighted by Crippen LogP contribution is -2.10. The normalized spacial score (nSPS) is 11.6. The molecule has 0 radical (unpaired) electrons. The van der Waals surface area contributed by atoms with Crippen molar-refractivity contribution in [3.63, 3.8) is 0 Å². The monoisotopic (exact) mass is 279 g/mol. The van der Waals surface area contributed by atoms with Crippen LogP contribution in [0.4, 0.5) is 10.8 Å². The summed E-state index contributed by atoms with van der Waals surface area (Å²) in [6.45, 7) is 2.29. The minimum absolute atomic E-state index is 0.000926. The van der Waals surface area contributed by atoms with Gasteiger partial charge in [-0.05, 0) is 24.4 Å². The van der Waals surface area contributed by atoms with Crippen LogP contribution in [0.2, 0.25) is 0 Å². The number of aliphatic hydroxyl groups is 1. The van der Waals surface area contributed by atoms with E-state index in [2.05, 4.69) is 9.69 Å². The van der Waals surface area contributed by atoms with Gasteiger partial charge in [0.15, 0.2) is 15.7 Å². The number of aliphatic hydroxyl groups excluding tert-OH is 1. The van der Waals surface area contributed by atoms with Crippen molar-refractivity contribution < 1.29 is 13.5 Å². The summed E-state index contributed by atoms with van der Waals surface area (Å²) >= 11 is 1.05. The molecule has 0 aliphatic rings. The molecule has 0 saturated heterocycles. The largest absolute Gasteiger partial charge is 0.396 e. The highest BCUT2D eigenvalue weighted by molar-refractivity contribution is 7.91. The second kappa shape index (κ2) is 6.18. The standard InChI is InChI=1S/C9H17N3O3S2/c1-2-17(14,15)7-8(10)12-16-9(7)11-5-3-4-6-13/h11,13H,2-6H2,1H3,(H2,10,12). The molecule has 1 aromatic heterocycles. The summed E-state index contributed by atoms with van der Waals surface area (Å²) in [5, 5.41) is 12.1. The lowest BCUT2D eigenvalue weighted by atomic mass is 10.3. The van der Waals surface area contributed by atoms with Crippen molar-refractivity contribution in [2.24, 2.45) is 0 Å². The van der Waals surface area contributed by atoms with Crippen molar-refractivity contribution in [1.29, 1.82) is 0 Å². The molecule has 4 N–H and O–H groups in total. The van der Waals surface area contributed by atoms with Gasteiger partial charge in [0.2, 0.25) is 0 Å². The van der Waals surface area contributed by atoms with E-state index in [-0.39, 0.29) is 23.1 Å². The smallest absolute Gasteiger partial charge is 0.184 e. The third kappa shape index (κ3) is 3.55. The highest BCUT2D eigenvalue weighted by Gasteiger charge is 2.23. The molecule has 1 aromatic rings. The molecule has 0 fully saturated rings. The van der Waals surface area contributed by atoms with Crippen LogP contribution in [0.25, 0.3) is 0 Å². The van der Waals surface area contributed by atoms with E-state index >= 15 is 0 Å². The molecule has 0 aromatic carbocycles. The molecule has 0 unspecified atom stereocenters. The first kappa shape index (κ1) is 14.2. The Morgan fingerprint density at radius 3 is 2.76 bits per heavy atom. The second-order valence-corrected chi connectivity index (χ2v) is 6.48. The number of hydrogen-bond donors (Lipinski definition) is 3. The summed E-state index contributed by atoms with van der Waals surface area (Å²) in [5.74, 6) is 0.0579. The molecule has 8 heteroatoms. The van der Waals surface area contributed by atoms with Crippen molar-refractivity contribution >= 4 is 32.2 Å². The predicted octanol–water partition coefficient (Wildman–Crippen LogP) is 0.703.